The monoisotopic (exact) mass is 297 g/mol. The Kier molecular flexibility index (Phi) is 6.71. The Hall–Kier alpha value is -1.36. The third-order valence-corrected chi connectivity index (χ3v) is 4.35. The second-order valence-electron chi connectivity index (χ2n) is 4.98. The first-order valence-electron chi connectivity index (χ1n) is 7.09. The molecule has 1 aromatic rings. The number of rotatable bonds is 8. The molecule has 5 heteroatoms. The minimum absolute atomic E-state index is 0.164. The van der Waals surface area contributed by atoms with E-state index in [-0.39, 0.29) is 12.5 Å². The second-order valence-corrected chi connectivity index (χ2v) is 6.23. The molecule has 0 aliphatic heterocycles. The Morgan fingerprint density at radius 2 is 2.05 bits per heavy atom. The molecule has 0 radical (unpaired) electrons. The molecule has 1 rings (SSSR count). The number of carboxylic acid groups (broad SMARTS) is 1. The molecule has 20 heavy (non-hydrogen) atoms. The highest BCUT2D eigenvalue weighted by molar-refractivity contribution is 7.14. The summed E-state index contributed by atoms with van der Waals surface area (Å²) in [6, 6.07) is 1.93. The van der Waals surface area contributed by atoms with E-state index in [1.54, 1.807) is 0 Å². The normalized spacial score (nSPS) is 12.2. The van der Waals surface area contributed by atoms with Gasteiger partial charge in [0.1, 0.15) is 0 Å². The summed E-state index contributed by atoms with van der Waals surface area (Å²) in [5.74, 6) is -1.51. The average molecular weight is 297 g/mol. The van der Waals surface area contributed by atoms with Gasteiger partial charge in [-0.25, -0.2) is 0 Å². The molecule has 4 nitrogen and oxygen atoms in total. The van der Waals surface area contributed by atoms with Gasteiger partial charge >= 0.3 is 5.97 Å². The molecule has 0 aliphatic carbocycles. The molecule has 1 amide bonds. The summed E-state index contributed by atoms with van der Waals surface area (Å²) in [6.45, 7) is 6.27. The summed E-state index contributed by atoms with van der Waals surface area (Å²) >= 11 is 1.48. The van der Waals surface area contributed by atoms with Crippen molar-refractivity contribution in [2.24, 2.45) is 5.92 Å². The molecule has 112 valence electrons. The lowest BCUT2D eigenvalue weighted by molar-refractivity contribution is -0.141. The molecular formula is C15H23NO3S. The first-order chi connectivity index (χ1) is 9.49. The summed E-state index contributed by atoms with van der Waals surface area (Å²) in [5.41, 5.74) is 1.21. The Labute approximate surface area is 124 Å². The number of hydrogen-bond acceptors (Lipinski definition) is 3. The van der Waals surface area contributed by atoms with E-state index in [2.05, 4.69) is 12.2 Å². The number of carbonyl (C=O) groups excluding carboxylic acids is 1. The molecule has 1 atom stereocenters. The predicted octanol–water partition coefficient (Wildman–Crippen LogP) is 3.24. The minimum atomic E-state index is -0.846. The Balaban J connectivity index is 2.62. The summed E-state index contributed by atoms with van der Waals surface area (Å²) in [6.07, 6.45) is 3.41. The van der Waals surface area contributed by atoms with Crippen molar-refractivity contribution >= 4 is 23.2 Å². The van der Waals surface area contributed by atoms with Crippen LogP contribution in [0, 0.1) is 12.8 Å². The van der Waals surface area contributed by atoms with Gasteiger partial charge < -0.3 is 10.4 Å². The third-order valence-electron chi connectivity index (χ3n) is 3.26. The number of thiophene rings is 1. The Morgan fingerprint density at radius 3 is 2.60 bits per heavy atom. The first kappa shape index (κ1) is 16.7. The number of aliphatic carboxylic acids is 1. The number of carbonyl (C=O) groups is 2. The van der Waals surface area contributed by atoms with Crippen LogP contribution in [0.5, 0.6) is 0 Å². The lowest BCUT2D eigenvalue weighted by atomic mass is 10.0. The van der Waals surface area contributed by atoms with Crippen LogP contribution in [0.2, 0.25) is 0 Å². The zero-order valence-electron chi connectivity index (χ0n) is 12.4. The maximum Gasteiger partial charge on any atom is 0.308 e. The number of hydrogen-bond donors (Lipinski definition) is 2. The molecule has 0 fully saturated rings. The van der Waals surface area contributed by atoms with Crippen molar-refractivity contribution in [3.8, 4) is 0 Å². The number of nitrogens with one attached hydrogen (secondary N) is 1. The molecule has 1 unspecified atom stereocenters. The number of amides is 1. The molecule has 1 aromatic heterocycles. The van der Waals surface area contributed by atoms with E-state index in [1.807, 2.05) is 19.9 Å². The van der Waals surface area contributed by atoms with Crippen molar-refractivity contribution in [3.05, 3.63) is 21.4 Å². The molecule has 0 saturated heterocycles. The average Bonchev–Trinajstić information content (AvgIpc) is 2.76. The van der Waals surface area contributed by atoms with E-state index in [0.29, 0.717) is 11.3 Å². The van der Waals surface area contributed by atoms with Crippen molar-refractivity contribution in [1.82, 2.24) is 5.32 Å². The molecular weight excluding hydrogens is 274 g/mol. The van der Waals surface area contributed by atoms with Crippen LogP contribution in [0.3, 0.4) is 0 Å². The van der Waals surface area contributed by atoms with Gasteiger partial charge in [-0.1, -0.05) is 26.7 Å². The van der Waals surface area contributed by atoms with Gasteiger partial charge in [0, 0.05) is 11.4 Å². The van der Waals surface area contributed by atoms with Crippen LogP contribution in [0.1, 0.15) is 53.2 Å². The van der Waals surface area contributed by atoms with E-state index in [1.165, 1.54) is 21.8 Å². The first-order valence-corrected chi connectivity index (χ1v) is 7.91. The maximum atomic E-state index is 12.1. The quantitative estimate of drug-likeness (QED) is 0.774. The van der Waals surface area contributed by atoms with Gasteiger partial charge in [-0.3, -0.25) is 9.59 Å². The van der Waals surface area contributed by atoms with E-state index < -0.39 is 11.9 Å². The van der Waals surface area contributed by atoms with Crippen LogP contribution in [-0.4, -0.2) is 23.5 Å². The van der Waals surface area contributed by atoms with E-state index in [0.717, 1.165) is 19.3 Å². The van der Waals surface area contributed by atoms with Crippen LogP contribution in [0.15, 0.2) is 6.07 Å². The molecule has 0 bridgehead atoms. The third kappa shape index (κ3) is 4.63. The van der Waals surface area contributed by atoms with Gasteiger partial charge in [0.25, 0.3) is 5.91 Å². The molecule has 0 saturated carbocycles. The number of carboxylic acids is 1. The minimum Gasteiger partial charge on any atom is -0.481 e. The van der Waals surface area contributed by atoms with E-state index >= 15 is 0 Å². The SMILES string of the molecule is CCCc1cc(C(=O)NCC(CCC)C(=O)O)sc1C. The molecule has 0 aliphatic rings. The van der Waals surface area contributed by atoms with Crippen molar-refractivity contribution in [2.45, 2.75) is 46.5 Å². The van der Waals surface area contributed by atoms with E-state index in [9.17, 15) is 9.59 Å². The van der Waals surface area contributed by atoms with Crippen molar-refractivity contribution in [2.75, 3.05) is 6.54 Å². The smallest absolute Gasteiger partial charge is 0.308 e. The largest absolute Gasteiger partial charge is 0.481 e. The highest BCUT2D eigenvalue weighted by Crippen LogP contribution is 2.22. The van der Waals surface area contributed by atoms with Gasteiger partial charge in [-0.2, -0.15) is 0 Å². The van der Waals surface area contributed by atoms with Gasteiger partial charge in [0.2, 0.25) is 0 Å². The summed E-state index contributed by atoms with van der Waals surface area (Å²) < 4.78 is 0. The second kappa shape index (κ2) is 8.04. The lowest BCUT2D eigenvalue weighted by Crippen LogP contribution is -2.32. The Morgan fingerprint density at radius 1 is 1.35 bits per heavy atom. The fourth-order valence-electron chi connectivity index (χ4n) is 2.11. The van der Waals surface area contributed by atoms with Crippen LogP contribution in [-0.2, 0) is 11.2 Å². The van der Waals surface area contributed by atoms with Gasteiger partial charge in [-0.05, 0) is 31.4 Å². The highest BCUT2D eigenvalue weighted by atomic mass is 32.1. The van der Waals surface area contributed by atoms with Crippen LogP contribution < -0.4 is 5.32 Å². The summed E-state index contributed by atoms with van der Waals surface area (Å²) in [7, 11) is 0. The van der Waals surface area contributed by atoms with Gasteiger partial charge in [0.05, 0.1) is 10.8 Å². The highest BCUT2D eigenvalue weighted by Gasteiger charge is 2.18. The van der Waals surface area contributed by atoms with Crippen molar-refractivity contribution in [1.29, 1.82) is 0 Å². The topological polar surface area (TPSA) is 66.4 Å². The van der Waals surface area contributed by atoms with Crippen molar-refractivity contribution < 1.29 is 14.7 Å². The maximum absolute atomic E-state index is 12.1. The fraction of sp³-hybridized carbons (Fsp3) is 0.600. The number of aryl methyl sites for hydroxylation is 2. The lowest BCUT2D eigenvalue weighted by Gasteiger charge is -2.11. The summed E-state index contributed by atoms with van der Waals surface area (Å²) in [4.78, 5) is 24.9. The van der Waals surface area contributed by atoms with Crippen LogP contribution in [0.25, 0.3) is 0 Å². The zero-order chi connectivity index (χ0) is 15.1. The van der Waals surface area contributed by atoms with Gasteiger partial charge in [-0.15, -0.1) is 11.3 Å². The van der Waals surface area contributed by atoms with Crippen LogP contribution in [0.4, 0.5) is 0 Å². The molecule has 0 aromatic carbocycles. The zero-order valence-corrected chi connectivity index (χ0v) is 13.2. The summed E-state index contributed by atoms with van der Waals surface area (Å²) in [5, 5.41) is 11.8. The Bertz CT molecular complexity index is 468. The molecule has 2 N–H and O–H groups in total. The van der Waals surface area contributed by atoms with Crippen molar-refractivity contribution in [3.63, 3.8) is 0 Å². The molecule has 0 spiro atoms. The standard InChI is InChI=1S/C15H23NO3S/c1-4-6-11-8-13(20-10(11)3)14(17)16-9-12(7-5-2)15(18)19/h8,12H,4-7,9H2,1-3H3,(H,16,17)(H,18,19). The van der Waals surface area contributed by atoms with E-state index in [4.69, 9.17) is 5.11 Å². The molecule has 1 heterocycles. The predicted molar refractivity (Wildman–Crippen MR) is 81.4 cm³/mol. The van der Waals surface area contributed by atoms with Gasteiger partial charge in [0.15, 0.2) is 0 Å². The fourth-order valence-corrected chi connectivity index (χ4v) is 3.10. The van der Waals surface area contributed by atoms with Crippen LogP contribution >= 0.6 is 11.3 Å².